The van der Waals surface area contributed by atoms with Crippen molar-refractivity contribution in [2.45, 2.75) is 25.3 Å². The van der Waals surface area contributed by atoms with Crippen molar-refractivity contribution in [2.75, 3.05) is 10.0 Å². The number of carbonyl (C=O) groups excluding carboxylic acids is 1. The Kier molecular flexibility index (Phi) is 7.12. The van der Waals surface area contributed by atoms with Crippen LogP contribution in [0.4, 0.5) is 11.4 Å². The summed E-state index contributed by atoms with van der Waals surface area (Å²) in [6.07, 6.45) is 3.42. The second-order valence-electron chi connectivity index (χ2n) is 8.08. The third kappa shape index (κ3) is 6.24. The Hall–Kier alpha value is -4.17. The van der Waals surface area contributed by atoms with E-state index in [9.17, 15) is 13.2 Å². The van der Waals surface area contributed by atoms with Gasteiger partial charge in [0.25, 0.3) is 15.9 Å². The number of nitrogens with one attached hydrogen (secondary N) is 2. The summed E-state index contributed by atoms with van der Waals surface area (Å²) < 4.78 is 34.1. The quantitative estimate of drug-likeness (QED) is 0.350. The van der Waals surface area contributed by atoms with Crippen molar-refractivity contribution >= 4 is 27.3 Å². The number of anilines is 2. The predicted octanol–water partition coefficient (Wildman–Crippen LogP) is 5.33. The Morgan fingerprint density at radius 1 is 0.914 bits per heavy atom. The second-order valence-corrected chi connectivity index (χ2v) is 9.76. The molecule has 0 saturated carbocycles. The van der Waals surface area contributed by atoms with Gasteiger partial charge in [0, 0.05) is 41.0 Å². The zero-order valence-corrected chi connectivity index (χ0v) is 20.2. The molecule has 3 aromatic carbocycles. The highest BCUT2D eigenvalue weighted by atomic mass is 32.2. The molecule has 1 aromatic heterocycles. The van der Waals surface area contributed by atoms with Gasteiger partial charge in [-0.25, -0.2) is 8.42 Å². The van der Waals surface area contributed by atoms with E-state index in [-0.39, 0.29) is 10.5 Å². The van der Waals surface area contributed by atoms with Crippen LogP contribution >= 0.6 is 0 Å². The number of pyridine rings is 1. The molecule has 35 heavy (non-hydrogen) atoms. The lowest BCUT2D eigenvalue weighted by atomic mass is 10.1. The molecule has 7 nitrogen and oxygen atoms in total. The molecular weight excluding hydrogens is 462 g/mol. The van der Waals surface area contributed by atoms with Gasteiger partial charge in [-0.15, -0.1) is 0 Å². The fraction of sp³-hybridized carbons (Fsp3) is 0.111. The monoisotopic (exact) mass is 487 g/mol. The van der Waals surface area contributed by atoms with Gasteiger partial charge in [0.2, 0.25) is 0 Å². The molecule has 0 bridgehead atoms. The van der Waals surface area contributed by atoms with Crippen LogP contribution < -0.4 is 14.8 Å². The van der Waals surface area contributed by atoms with Gasteiger partial charge >= 0.3 is 0 Å². The molecule has 0 aliphatic carbocycles. The van der Waals surface area contributed by atoms with Crippen molar-refractivity contribution in [2.24, 2.45) is 0 Å². The van der Waals surface area contributed by atoms with Crippen LogP contribution in [0.3, 0.4) is 0 Å². The normalized spacial score (nSPS) is 11.0. The van der Waals surface area contributed by atoms with E-state index in [4.69, 9.17) is 4.74 Å². The van der Waals surface area contributed by atoms with Crippen LogP contribution in [0, 0.1) is 13.8 Å². The average Bonchev–Trinajstić information content (AvgIpc) is 2.85. The van der Waals surface area contributed by atoms with Crippen LogP contribution in [-0.2, 0) is 16.6 Å². The SMILES string of the molecule is Cc1ccc(NS(=O)(=O)c2ccc(C)c(C(=O)Nc3cccc(OCc4cccnc4)c3)c2)cc1. The molecule has 0 aliphatic rings. The first-order chi connectivity index (χ1) is 16.8. The van der Waals surface area contributed by atoms with Crippen LogP contribution in [0.1, 0.15) is 27.0 Å². The lowest BCUT2D eigenvalue weighted by molar-refractivity contribution is 0.102. The van der Waals surface area contributed by atoms with Crippen LogP contribution in [0.25, 0.3) is 0 Å². The van der Waals surface area contributed by atoms with E-state index in [0.717, 1.165) is 11.1 Å². The largest absolute Gasteiger partial charge is 0.489 e. The highest BCUT2D eigenvalue weighted by Crippen LogP contribution is 2.23. The minimum atomic E-state index is -3.87. The molecule has 4 aromatic rings. The number of hydrogen-bond acceptors (Lipinski definition) is 5. The molecule has 0 aliphatic heterocycles. The van der Waals surface area contributed by atoms with Gasteiger partial charge in [0.1, 0.15) is 12.4 Å². The van der Waals surface area contributed by atoms with E-state index < -0.39 is 15.9 Å². The summed E-state index contributed by atoms with van der Waals surface area (Å²) in [4.78, 5) is 17.1. The molecule has 0 saturated heterocycles. The summed E-state index contributed by atoms with van der Waals surface area (Å²) in [5.74, 6) is 0.168. The van der Waals surface area contributed by atoms with E-state index in [1.54, 1.807) is 61.8 Å². The summed E-state index contributed by atoms with van der Waals surface area (Å²) in [5.41, 5.74) is 3.84. The topological polar surface area (TPSA) is 97.4 Å². The van der Waals surface area contributed by atoms with Crippen molar-refractivity contribution in [3.8, 4) is 5.75 Å². The number of amides is 1. The molecular formula is C27H25N3O4S. The summed E-state index contributed by atoms with van der Waals surface area (Å²) >= 11 is 0. The lowest BCUT2D eigenvalue weighted by Gasteiger charge is -2.13. The van der Waals surface area contributed by atoms with E-state index in [2.05, 4.69) is 15.0 Å². The minimum absolute atomic E-state index is 0.00220. The Balaban J connectivity index is 1.49. The lowest BCUT2D eigenvalue weighted by Crippen LogP contribution is -2.17. The summed E-state index contributed by atoms with van der Waals surface area (Å²) in [5, 5.41) is 2.83. The number of hydrogen-bond donors (Lipinski definition) is 2. The Morgan fingerprint density at radius 2 is 1.71 bits per heavy atom. The Morgan fingerprint density at radius 3 is 2.46 bits per heavy atom. The minimum Gasteiger partial charge on any atom is -0.489 e. The van der Waals surface area contributed by atoms with Gasteiger partial charge in [-0.05, 0) is 61.9 Å². The maximum absolute atomic E-state index is 13.0. The van der Waals surface area contributed by atoms with Crippen LogP contribution in [0.2, 0.25) is 0 Å². The highest BCUT2D eigenvalue weighted by molar-refractivity contribution is 7.92. The molecule has 1 heterocycles. The molecule has 8 heteroatoms. The summed E-state index contributed by atoms with van der Waals surface area (Å²) in [6.45, 7) is 4.02. The van der Waals surface area contributed by atoms with Gasteiger partial charge < -0.3 is 10.1 Å². The number of carbonyl (C=O) groups is 1. The summed E-state index contributed by atoms with van der Waals surface area (Å²) in [6, 6.07) is 22.3. The molecule has 0 fully saturated rings. The van der Waals surface area contributed by atoms with E-state index in [0.29, 0.717) is 29.3 Å². The van der Waals surface area contributed by atoms with E-state index in [1.807, 2.05) is 31.2 Å². The third-order valence-electron chi connectivity index (χ3n) is 5.29. The number of aromatic nitrogens is 1. The van der Waals surface area contributed by atoms with Gasteiger partial charge in [0.05, 0.1) is 4.90 Å². The van der Waals surface area contributed by atoms with Gasteiger partial charge in [-0.3, -0.25) is 14.5 Å². The van der Waals surface area contributed by atoms with Crippen molar-refractivity contribution < 1.29 is 17.9 Å². The zero-order chi connectivity index (χ0) is 24.8. The fourth-order valence-electron chi connectivity index (χ4n) is 3.36. The van der Waals surface area contributed by atoms with Crippen LogP contribution in [0.15, 0.2) is 96.2 Å². The van der Waals surface area contributed by atoms with Crippen LogP contribution in [0.5, 0.6) is 5.75 Å². The Labute approximate surface area is 204 Å². The number of aryl methyl sites for hydroxylation is 2. The molecule has 0 radical (unpaired) electrons. The number of ether oxygens (including phenoxy) is 1. The number of rotatable bonds is 8. The number of sulfonamides is 1. The maximum Gasteiger partial charge on any atom is 0.261 e. The van der Waals surface area contributed by atoms with Crippen molar-refractivity contribution in [1.82, 2.24) is 4.98 Å². The van der Waals surface area contributed by atoms with Gasteiger partial charge in [0.15, 0.2) is 0 Å². The van der Waals surface area contributed by atoms with Crippen molar-refractivity contribution in [3.63, 3.8) is 0 Å². The highest BCUT2D eigenvalue weighted by Gasteiger charge is 2.18. The first-order valence-electron chi connectivity index (χ1n) is 10.9. The maximum atomic E-state index is 13.0. The first kappa shape index (κ1) is 24.0. The third-order valence-corrected chi connectivity index (χ3v) is 6.67. The molecule has 1 amide bonds. The number of benzene rings is 3. The first-order valence-corrected chi connectivity index (χ1v) is 12.4. The second kappa shape index (κ2) is 10.4. The van der Waals surface area contributed by atoms with Gasteiger partial charge in [-0.2, -0.15) is 0 Å². The van der Waals surface area contributed by atoms with E-state index in [1.165, 1.54) is 12.1 Å². The van der Waals surface area contributed by atoms with Crippen molar-refractivity contribution in [1.29, 1.82) is 0 Å². The molecule has 0 atom stereocenters. The fourth-order valence-corrected chi connectivity index (χ4v) is 4.45. The average molecular weight is 488 g/mol. The standard InChI is InChI=1S/C27H25N3O4S/c1-19-8-11-22(12-9-19)30-35(32,33)25-13-10-20(2)26(16-25)27(31)29-23-6-3-7-24(15-23)34-18-21-5-4-14-28-17-21/h3-17,30H,18H2,1-2H3,(H,29,31). The van der Waals surface area contributed by atoms with Crippen LogP contribution in [-0.4, -0.2) is 19.3 Å². The van der Waals surface area contributed by atoms with E-state index >= 15 is 0 Å². The molecule has 178 valence electrons. The zero-order valence-electron chi connectivity index (χ0n) is 19.4. The smallest absolute Gasteiger partial charge is 0.261 e. The molecule has 2 N–H and O–H groups in total. The van der Waals surface area contributed by atoms with Crippen molar-refractivity contribution in [3.05, 3.63) is 114 Å². The Bertz CT molecular complexity index is 1440. The molecule has 0 unspecified atom stereocenters. The molecule has 4 rings (SSSR count). The molecule has 0 spiro atoms. The summed E-state index contributed by atoms with van der Waals surface area (Å²) in [7, 11) is -3.87. The number of nitrogens with zero attached hydrogens (tertiary/aromatic N) is 1. The predicted molar refractivity (Wildman–Crippen MR) is 136 cm³/mol. The van der Waals surface area contributed by atoms with Gasteiger partial charge in [-0.1, -0.05) is 35.9 Å².